The third kappa shape index (κ3) is 8.20. The standard InChI is InChI=1S/C34H48N6O2/c1-5-7-9-11-13-15-17-31-33(39(37-35-31)27-19-23-29(41-3)24-20-27)34-32(18-16-14-12-10-8-6-2)36-38-40(34)28-21-25-30(42-4)26-22-28/h19-26H,5-18H2,1-4H3. The van der Waals surface area contributed by atoms with Gasteiger partial charge in [0.1, 0.15) is 22.9 Å². The fraction of sp³-hybridized carbons (Fsp3) is 0.529. The van der Waals surface area contributed by atoms with E-state index in [9.17, 15) is 0 Å². The number of ether oxygens (including phenoxy) is 2. The molecule has 8 heteroatoms. The molecule has 0 aliphatic carbocycles. The van der Waals surface area contributed by atoms with E-state index in [0.717, 1.165) is 71.3 Å². The lowest BCUT2D eigenvalue weighted by Crippen LogP contribution is -2.07. The first-order valence-electron chi connectivity index (χ1n) is 15.9. The fourth-order valence-electron chi connectivity index (χ4n) is 5.39. The van der Waals surface area contributed by atoms with E-state index in [-0.39, 0.29) is 0 Å². The Hall–Kier alpha value is -3.68. The molecule has 0 N–H and O–H groups in total. The molecule has 0 aliphatic heterocycles. The van der Waals surface area contributed by atoms with Crippen LogP contribution in [0, 0.1) is 0 Å². The summed E-state index contributed by atoms with van der Waals surface area (Å²) in [4.78, 5) is 0. The van der Waals surface area contributed by atoms with Gasteiger partial charge in [-0.3, -0.25) is 0 Å². The minimum absolute atomic E-state index is 0.807. The molecule has 0 saturated heterocycles. The molecule has 2 aromatic heterocycles. The van der Waals surface area contributed by atoms with Crippen LogP contribution in [0.1, 0.15) is 102 Å². The summed E-state index contributed by atoms with van der Waals surface area (Å²) in [5.41, 5.74) is 5.78. The summed E-state index contributed by atoms with van der Waals surface area (Å²) in [5, 5.41) is 18.9. The van der Waals surface area contributed by atoms with E-state index in [1.807, 2.05) is 57.9 Å². The van der Waals surface area contributed by atoms with Gasteiger partial charge in [0, 0.05) is 0 Å². The molecule has 0 spiro atoms. The van der Waals surface area contributed by atoms with Gasteiger partial charge in [-0.25, -0.2) is 9.36 Å². The summed E-state index contributed by atoms with van der Waals surface area (Å²) in [6.07, 6.45) is 16.5. The normalized spacial score (nSPS) is 11.2. The first kappa shape index (κ1) is 31.3. The minimum Gasteiger partial charge on any atom is -0.497 e. The van der Waals surface area contributed by atoms with Crippen LogP contribution in [0.15, 0.2) is 48.5 Å². The SMILES string of the molecule is CCCCCCCCc1nnn(-c2ccc(OC)cc2)c1-c1c(CCCCCCCC)nnn1-c1ccc(OC)cc1. The average molecular weight is 573 g/mol. The van der Waals surface area contributed by atoms with Crippen LogP contribution in [0.4, 0.5) is 0 Å². The van der Waals surface area contributed by atoms with Crippen LogP contribution >= 0.6 is 0 Å². The van der Waals surface area contributed by atoms with Crippen LogP contribution in [0.25, 0.3) is 22.8 Å². The molecule has 0 radical (unpaired) electrons. The summed E-state index contributed by atoms with van der Waals surface area (Å²) in [5.74, 6) is 1.61. The number of unbranched alkanes of at least 4 members (excludes halogenated alkanes) is 10. The van der Waals surface area contributed by atoms with Crippen LogP contribution in [-0.2, 0) is 12.8 Å². The zero-order chi connectivity index (χ0) is 29.6. The van der Waals surface area contributed by atoms with Crippen molar-refractivity contribution in [3.63, 3.8) is 0 Å². The maximum Gasteiger partial charge on any atom is 0.119 e. The minimum atomic E-state index is 0.807. The van der Waals surface area contributed by atoms with Gasteiger partial charge in [0.2, 0.25) is 0 Å². The lowest BCUT2D eigenvalue weighted by molar-refractivity contribution is 0.414. The Kier molecular flexibility index (Phi) is 12.4. The Labute approximate surface area is 251 Å². The zero-order valence-corrected chi connectivity index (χ0v) is 26.0. The number of methoxy groups -OCH3 is 2. The number of hydrogen-bond donors (Lipinski definition) is 0. The first-order chi connectivity index (χ1) is 20.7. The van der Waals surface area contributed by atoms with E-state index in [2.05, 4.69) is 13.8 Å². The van der Waals surface area contributed by atoms with Gasteiger partial charge in [0.15, 0.2) is 0 Å². The van der Waals surface area contributed by atoms with Gasteiger partial charge in [0.25, 0.3) is 0 Å². The molecule has 4 aromatic rings. The molecule has 42 heavy (non-hydrogen) atoms. The number of rotatable bonds is 19. The quantitative estimate of drug-likeness (QED) is 0.105. The highest BCUT2D eigenvalue weighted by atomic mass is 16.5. The Morgan fingerprint density at radius 3 is 1.21 bits per heavy atom. The van der Waals surface area contributed by atoms with Crippen molar-refractivity contribution < 1.29 is 9.47 Å². The number of aromatic nitrogens is 6. The van der Waals surface area contributed by atoms with Gasteiger partial charge in [-0.1, -0.05) is 88.5 Å². The van der Waals surface area contributed by atoms with Gasteiger partial charge < -0.3 is 9.47 Å². The smallest absolute Gasteiger partial charge is 0.119 e. The lowest BCUT2D eigenvalue weighted by atomic mass is 10.0. The van der Waals surface area contributed by atoms with Crippen molar-refractivity contribution in [2.75, 3.05) is 14.2 Å². The molecular formula is C34H48N6O2. The van der Waals surface area contributed by atoms with Crippen molar-refractivity contribution in [1.29, 1.82) is 0 Å². The van der Waals surface area contributed by atoms with Gasteiger partial charge in [0.05, 0.1) is 37.0 Å². The van der Waals surface area contributed by atoms with Crippen molar-refractivity contribution in [2.24, 2.45) is 0 Å². The zero-order valence-electron chi connectivity index (χ0n) is 26.0. The second-order valence-corrected chi connectivity index (χ2v) is 11.0. The van der Waals surface area contributed by atoms with Crippen LogP contribution in [0.3, 0.4) is 0 Å². The Morgan fingerprint density at radius 2 is 0.857 bits per heavy atom. The average Bonchev–Trinajstić information content (AvgIpc) is 3.64. The highest BCUT2D eigenvalue weighted by molar-refractivity contribution is 5.66. The summed E-state index contributed by atoms with van der Waals surface area (Å²) in [6, 6.07) is 16.0. The summed E-state index contributed by atoms with van der Waals surface area (Å²) in [6.45, 7) is 4.51. The Morgan fingerprint density at radius 1 is 0.500 bits per heavy atom. The van der Waals surface area contributed by atoms with Gasteiger partial charge in [-0.05, 0) is 74.2 Å². The third-order valence-corrected chi connectivity index (χ3v) is 7.87. The van der Waals surface area contributed by atoms with E-state index in [1.54, 1.807) is 14.2 Å². The number of nitrogens with zero attached hydrogens (tertiary/aromatic N) is 6. The van der Waals surface area contributed by atoms with Gasteiger partial charge in [-0.15, -0.1) is 10.2 Å². The van der Waals surface area contributed by atoms with Crippen LogP contribution < -0.4 is 9.47 Å². The van der Waals surface area contributed by atoms with Crippen molar-refractivity contribution in [3.8, 4) is 34.3 Å². The molecule has 0 atom stereocenters. The monoisotopic (exact) mass is 572 g/mol. The van der Waals surface area contributed by atoms with Gasteiger partial charge >= 0.3 is 0 Å². The molecular weight excluding hydrogens is 524 g/mol. The number of benzene rings is 2. The van der Waals surface area contributed by atoms with Crippen molar-refractivity contribution in [3.05, 3.63) is 59.9 Å². The molecule has 8 nitrogen and oxygen atoms in total. The molecule has 0 saturated carbocycles. The van der Waals surface area contributed by atoms with Crippen LogP contribution in [0.5, 0.6) is 11.5 Å². The third-order valence-electron chi connectivity index (χ3n) is 7.87. The fourth-order valence-corrected chi connectivity index (χ4v) is 5.39. The Bertz CT molecular complexity index is 1220. The molecule has 0 bridgehead atoms. The van der Waals surface area contributed by atoms with E-state index in [1.165, 1.54) is 64.2 Å². The van der Waals surface area contributed by atoms with E-state index >= 15 is 0 Å². The maximum atomic E-state index is 5.42. The van der Waals surface area contributed by atoms with Gasteiger partial charge in [-0.2, -0.15) is 0 Å². The molecule has 0 unspecified atom stereocenters. The van der Waals surface area contributed by atoms with Crippen molar-refractivity contribution in [1.82, 2.24) is 30.0 Å². The molecule has 0 aliphatic rings. The summed E-state index contributed by atoms with van der Waals surface area (Å²) in [7, 11) is 3.37. The van der Waals surface area contributed by atoms with Crippen molar-refractivity contribution >= 4 is 0 Å². The number of hydrogen-bond acceptors (Lipinski definition) is 6. The molecule has 2 aromatic carbocycles. The molecule has 0 fully saturated rings. The molecule has 4 rings (SSSR count). The second kappa shape index (κ2) is 16.7. The first-order valence-corrected chi connectivity index (χ1v) is 15.9. The summed E-state index contributed by atoms with van der Waals surface area (Å²) < 4.78 is 14.7. The highest BCUT2D eigenvalue weighted by Crippen LogP contribution is 2.32. The predicted octanol–water partition coefficient (Wildman–Crippen LogP) is 8.34. The lowest BCUT2D eigenvalue weighted by Gasteiger charge is -2.13. The molecule has 226 valence electrons. The molecule has 0 amide bonds. The number of aryl methyl sites for hydroxylation is 2. The van der Waals surface area contributed by atoms with E-state index < -0.39 is 0 Å². The van der Waals surface area contributed by atoms with E-state index in [4.69, 9.17) is 30.1 Å². The maximum absolute atomic E-state index is 5.42. The highest BCUT2D eigenvalue weighted by Gasteiger charge is 2.25. The van der Waals surface area contributed by atoms with Crippen molar-refractivity contribution in [2.45, 2.75) is 104 Å². The largest absolute Gasteiger partial charge is 0.497 e. The summed E-state index contributed by atoms with van der Waals surface area (Å²) >= 11 is 0. The van der Waals surface area contributed by atoms with E-state index in [0.29, 0.717) is 0 Å². The predicted molar refractivity (Wildman–Crippen MR) is 169 cm³/mol. The molecule has 2 heterocycles. The van der Waals surface area contributed by atoms with Crippen LogP contribution in [-0.4, -0.2) is 44.2 Å². The topological polar surface area (TPSA) is 79.9 Å². The Balaban J connectivity index is 1.73. The second-order valence-electron chi connectivity index (χ2n) is 11.0. The van der Waals surface area contributed by atoms with Crippen LogP contribution in [0.2, 0.25) is 0 Å².